The Bertz CT molecular complexity index is 1870. The molecule has 5 aromatic rings. The molecule has 3 N–H and O–H groups in total. The van der Waals surface area contributed by atoms with Gasteiger partial charge in [-0.05, 0) is 84.8 Å². The van der Waals surface area contributed by atoms with Gasteiger partial charge in [0.1, 0.15) is 18.1 Å². The summed E-state index contributed by atoms with van der Waals surface area (Å²) >= 11 is 0. The number of ether oxygens (including phenoxy) is 1. The van der Waals surface area contributed by atoms with Crippen molar-refractivity contribution >= 4 is 26.8 Å². The van der Waals surface area contributed by atoms with Crippen LogP contribution >= 0.6 is 0 Å². The largest absolute Gasteiger partial charge is 0.489 e. The lowest BCUT2D eigenvalue weighted by molar-refractivity contribution is 0.0978. The van der Waals surface area contributed by atoms with Crippen molar-refractivity contribution in [3.05, 3.63) is 123 Å². The lowest BCUT2D eigenvalue weighted by atomic mass is 10.00. The minimum absolute atomic E-state index is 0.0609. The Hall–Kier alpha value is -4.63. The molecule has 0 aliphatic heterocycles. The number of nitrogens with one attached hydrogen (secondary N) is 3. The fourth-order valence-electron chi connectivity index (χ4n) is 5.00. The highest BCUT2D eigenvalue weighted by Gasteiger charge is 2.24. The van der Waals surface area contributed by atoms with Crippen LogP contribution in [-0.4, -0.2) is 30.5 Å². The van der Waals surface area contributed by atoms with Crippen molar-refractivity contribution in [3.8, 4) is 16.9 Å². The van der Waals surface area contributed by atoms with Crippen LogP contribution in [0.15, 0.2) is 89.9 Å². The van der Waals surface area contributed by atoms with Crippen LogP contribution in [0.2, 0.25) is 0 Å². The standard InChI is InChI=1S/C18H17N3O4S.C14H14O/c1-26(24,25)21-18(23)16-15(12-6-3-7-19-17(12)22)13-8-10-4-2-5-11(10)9-14(13)20-16;1-12-6-5-9-14(10-12)15-11-13-7-3-2-4-8-13/h3,6-9,20H,2,4-5H2,1H3,(H,19,22)(H,21,23);2-10H,11H2,1H3. The van der Waals surface area contributed by atoms with E-state index in [0.717, 1.165) is 36.7 Å². The van der Waals surface area contributed by atoms with Crippen LogP contribution in [0.5, 0.6) is 5.75 Å². The molecule has 0 fully saturated rings. The third-order valence-corrected chi connectivity index (χ3v) is 7.40. The minimum Gasteiger partial charge on any atom is -0.489 e. The maximum absolute atomic E-state index is 12.6. The van der Waals surface area contributed by atoms with Gasteiger partial charge in [-0.2, -0.15) is 0 Å². The topological polar surface area (TPSA) is 121 Å². The maximum Gasteiger partial charge on any atom is 0.281 e. The molecule has 0 spiro atoms. The Morgan fingerprint density at radius 3 is 2.41 bits per heavy atom. The molecule has 6 rings (SSSR count). The summed E-state index contributed by atoms with van der Waals surface area (Å²) in [6.07, 6.45) is 5.42. The van der Waals surface area contributed by atoms with Gasteiger partial charge in [0.05, 0.1) is 6.26 Å². The number of carbonyl (C=O) groups is 1. The second kappa shape index (κ2) is 11.9. The first-order chi connectivity index (χ1) is 19.7. The molecule has 9 heteroatoms. The molecule has 1 aliphatic carbocycles. The molecule has 1 amide bonds. The molecular weight excluding hydrogens is 538 g/mol. The predicted octanol–water partition coefficient (Wildman–Crippen LogP) is 5.28. The molecule has 1 aliphatic rings. The molecule has 8 nitrogen and oxygen atoms in total. The lowest BCUT2D eigenvalue weighted by Gasteiger charge is -2.06. The highest BCUT2D eigenvalue weighted by molar-refractivity contribution is 7.89. The van der Waals surface area contributed by atoms with Gasteiger partial charge in [-0.25, -0.2) is 13.1 Å². The van der Waals surface area contributed by atoms with Crippen molar-refractivity contribution in [1.29, 1.82) is 0 Å². The Labute approximate surface area is 238 Å². The quantitative estimate of drug-likeness (QED) is 0.257. The van der Waals surface area contributed by atoms with Gasteiger partial charge in [0, 0.05) is 28.2 Å². The second-order valence-electron chi connectivity index (χ2n) is 10.1. The molecular formula is C32H31N3O5S. The molecule has 2 aromatic heterocycles. The van der Waals surface area contributed by atoms with E-state index in [1.807, 2.05) is 53.3 Å². The first kappa shape index (κ1) is 27.9. The van der Waals surface area contributed by atoms with E-state index in [9.17, 15) is 18.0 Å². The van der Waals surface area contributed by atoms with Crippen LogP contribution in [0.1, 0.15) is 39.2 Å². The minimum atomic E-state index is -3.73. The van der Waals surface area contributed by atoms with Crippen molar-refractivity contribution in [2.45, 2.75) is 32.8 Å². The third kappa shape index (κ3) is 6.75. The van der Waals surface area contributed by atoms with E-state index in [2.05, 4.69) is 35.1 Å². The Balaban J connectivity index is 0.000000191. The molecule has 0 unspecified atom stereocenters. The normalized spacial score (nSPS) is 12.3. The van der Waals surface area contributed by atoms with Crippen molar-refractivity contribution in [3.63, 3.8) is 0 Å². The van der Waals surface area contributed by atoms with E-state index >= 15 is 0 Å². The zero-order valence-electron chi connectivity index (χ0n) is 22.9. The summed E-state index contributed by atoms with van der Waals surface area (Å²) in [7, 11) is -3.73. The number of aromatic amines is 2. The van der Waals surface area contributed by atoms with E-state index < -0.39 is 15.9 Å². The zero-order valence-corrected chi connectivity index (χ0v) is 23.7. The van der Waals surface area contributed by atoms with Gasteiger partial charge >= 0.3 is 0 Å². The van der Waals surface area contributed by atoms with Gasteiger partial charge in [0.25, 0.3) is 11.5 Å². The number of amides is 1. The van der Waals surface area contributed by atoms with Gasteiger partial charge in [0.2, 0.25) is 10.0 Å². The van der Waals surface area contributed by atoms with E-state index in [0.29, 0.717) is 23.3 Å². The molecule has 0 saturated carbocycles. The summed E-state index contributed by atoms with van der Waals surface area (Å²) in [4.78, 5) is 30.5. The fourth-order valence-corrected chi connectivity index (χ4v) is 5.44. The Morgan fingerprint density at radius 1 is 0.951 bits per heavy atom. The monoisotopic (exact) mass is 569 g/mol. The summed E-state index contributed by atoms with van der Waals surface area (Å²) in [5, 5.41) is 0.737. The van der Waals surface area contributed by atoms with Crippen molar-refractivity contribution in [1.82, 2.24) is 14.7 Å². The van der Waals surface area contributed by atoms with Crippen LogP contribution in [0.4, 0.5) is 0 Å². The highest BCUT2D eigenvalue weighted by Crippen LogP contribution is 2.35. The zero-order chi connectivity index (χ0) is 29.0. The molecule has 0 saturated heterocycles. The summed E-state index contributed by atoms with van der Waals surface area (Å²) in [6, 6.07) is 25.5. The molecule has 0 bridgehead atoms. The lowest BCUT2D eigenvalue weighted by Crippen LogP contribution is -2.30. The molecule has 0 radical (unpaired) electrons. The van der Waals surface area contributed by atoms with E-state index in [1.54, 1.807) is 12.1 Å². The van der Waals surface area contributed by atoms with Crippen LogP contribution in [-0.2, 0) is 29.5 Å². The summed E-state index contributed by atoms with van der Waals surface area (Å²) in [5.74, 6) is 0.140. The summed E-state index contributed by atoms with van der Waals surface area (Å²) in [6.45, 7) is 2.69. The molecule has 0 atom stereocenters. The molecule has 41 heavy (non-hydrogen) atoms. The SMILES string of the molecule is CS(=O)(=O)NC(=O)c1[nH]c2cc3c(cc2c1-c1ccc[nH]c1=O)CCC3.Cc1cccc(OCc2ccccc2)c1. The van der Waals surface area contributed by atoms with Gasteiger partial charge in [-0.15, -0.1) is 0 Å². The van der Waals surface area contributed by atoms with Gasteiger partial charge in [0.15, 0.2) is 0 Å². The van der Waals surface area contributed by atoms with Crippen molar-refractivity contribution in [2.24, 2.45) is 0 Å². The average Bonchev–Trinajstić information content (AvgIpc) is 3.55. The van der Waals surface area contributed by atoms with Crippen LogP contribution < -0.4 is 15.0 Å². The predicted molar refractivity (Wildman–Crippen MR) is 161 cm³/mol. The Morgan fingerprint density at radius 2 is 1.71 bits per heavy atom. The van der Waals surface area contributed by atoms with Crippen molar-refractivity contribution in [2.75, 3.05) is 6.26 Å². The number of hydrogen-bond acceptors (Lipinski definition) is 5. The second-order valence-corrected chi connectivity index (χ2v) is 11.9. The van der Waals surface area contributed by atoms with Gasteiger partial charge < -0.3 is 14.7 Å². The van der Waals surface area contributed by atoms with E-state index in [4.69, 9.17) is 4.74 Å². The number of aryl methyl sites for hydroxylation is 3. The van der Waals surface area contributed by atoms with Gasteiger partial charge in [-0.1, -0.05) is 42.5 Å². The van der Waals surface area contributed by atoms with Crippen LogP contribution in [0.25, 0.3) is 22.0 Å². The number of carbonyl (C=O) groups excluding carboxylic acids is 1. The molecule has 210 valence electrons. The number of sulfonamides is 1. The Kier molecular flexibility index (Phi) is 8.07. The number of fused-ring (bicyclic) bond motifs is 2. The number of rotatable bonds is 6. The van der Waals surface area contributed by atoms with Crippen LogP contribution in [0, 0.1) is 6.92 Å². The van der Waals surface area contributed by atoms with E-state index in [1.165, 1.54) is 28.5 Å². The highest BCUT2D eigenvalue weighted by atomic mass is 32.2. The van der Waals surface area contributed by atoms with Crippen LogP contribution in [0.3, 0.4) is 0 Å². The number of H-pyrrole nitrogens is 2. The number of benzene rings is 3. The first-order valence-electron chi connectivity index (χ1n) is 13.3. The number of pyridine rings is 1. The first-order valence-corrected chi connectivity index (χ1v) is 15.2. The third-order valence-electron chi connectivity index (χ3n) is 6.84. The molecule has 3 aromatic carbocycles. The van der Waals surface area contributed by atoms with E-state index in [-0.39, 0.29) is 11.3 Å². The summed E-state index contributed by atoms with van der Waals surface area (Å²) < 4.78 is 30.6. The summed E-state index contributed by atoms with van der Waals surface area (Å²) in [5.41, 5.74) is 5.98. The fraction of sp³-hybridized carbons (Fsp3) is 0.188. The number of aromatic nitrogens is 2. The van der Waals surface area contributed by atoms with Crippen molar-refractivity contribution < 1.29 is 17.9 Å². The van der Waals surface area contributed by atoms with Gasteiger partial charge in [-0.3, -0.25) is 9.59 Å². The number of hydrogen-bond donors (Lipinski definition) is 3. The average molecular weight is 570 g/mol. The maximum atomic E-state index is 12.6. The smallest absolute Gasteiger partial charge is 0.281 e. The molecule has 2 heterocycles.